The lowest BCUT2D eigenvalue weighted by atomic mass is 10.2. The highest BCUT2D eigenvalue weighted by molar-refractivity contribution is 5.96. The SMILES string of the molecule is COc1ccc([N+](=O)[O-])cc1NC(=O)C(C)N(C)CCC(=O)O. The zero-order valence-corrected chi connectivity index (χ0v) is 13.1. The third-order valence-corrected chi connectivity index (χ3v) is 3.37. The Morgan fingerprint density at radius 2 is 2.13 bits per heavy atom. The maximum Gasteiger partial charge on any atom is 0.304 e. The van der Waals surface area contributed by atoms with Gasteiger partial charge in [-0.1, -0.05) is 0 Å². The van der Waals surface area contributed by atoms with Crippen LogP contribution >= 0.6 is 0 Å². The topological polar surface area (TPSA) is 122 Å². The van der Waals surface area contributed by atoms with E-state index in [2.05, 4.69) is 5.32 Å². The van der Waals surface area contributed by atoms with Gasteiger partial charge in [-0.15, -0.1) is 0 Å². The molecule has 126 valence electrons. The summed E-state index contributed by atoms with van der Waals surface area (Å²) in [7, 11) is 3.01. The molecule has 0 saturated heterocycles. The van der Waals surface area contributed by atoms with Gasteiger partial charge in [0.2, 0.25) is 5.91 Å². The van der Waals surface area contributed by atoms with E-state index in [1.165, 1.54) is 25.3 Å². The first-order chi connectivity index (χ1) is 10.8. The van der Waals surface area contributed by atoms with Gasteiger partial charge in [0.25, 0.3) is 5.69 Å². The minimum Gasteiger partial charge on any atom is -0.495 e. The summed E-state index contributed by atoms with van der Waals surface area (Å²) >= 11 is 0. The number of nitro benzene ring substituents is 1. The summed E-state index contributed by atoms with van der Waals surface area (Å²) in [6, 6.07) is 3.27. The molecular formula is C14H19N3O6. The molecular weight excluding hydrogens is 306 g/mol. The molecule has 0 aliphatic carbocycles. The number of hydrogen-bond acceptors (Lipinski definition) is 6. The second-order valence-electron chi connectivity index (χ2n) is 4.93. The van der Waals surface area contributed by atoms with Crippen LogP contribution in [0.3, 0.4) is 0 Å². The summed E-state index contributed by atoms with van der Waals surface area (Å²) in [5.74, 6) is -1.08. The van der Waals surface area contributed by atoms with Gasteiger partial charge in [0, 0.05) is 18.7 Å². The number of amides is 1. The average Bonchev–Trinajstić information content (AvgIpc) is 2.51. The molecule has 1 rings (SSSR count). The monoisotopic (exact) mass is 325 g/mol. The number of carbonyl (C=O) groups excluding carboxylic acids is 1. The van der Waals surface area contributed by atoms with Crippen molar-refractivity contribution in [3.05, 3.63) is 28.3 Å². The smallest absolute Gasteiger partial charge is 0.304 e. The Balaban J connectivity index is 2.84. The summed E-state index contributed by atoms with van der Waals surface area (Å²) in [4.78, 5) is 34.6. The van der Waals surface area contributed by atoms with Gasteiger partial charge in [-0.05, 0) is 20.0 Å². The number of carbonyl (C=O) groups is 2. The van der Waals surface area contributed by atoms with E-state index in [4.69, 9.17) is 9.84 Å². The first kappa shape index (κ1) is 18.4. The molecule has 0 bridgehead atoms. The molecule has 0 aromatic heterocycles. The molecule has 1 atom stereocenters. The molecule has 0 spiro atoms. The number of nitrogens with one attached hydrogen (secondary N) is 1. The standard InChI is InChI=1S/C14H19N3O6/c1-9(16(2)7-6-13(18)19)14(20)15-11-8-10(17(21)22)4-5-12(11)23-3/h4-5,8-9H,6-7H2,1-3H3,(H,15,20)(H,18,19). The normalized spacial score (nSPS) is 11.8. The number of likely N-dealkylation sites (N-methyl/N-ethyl adjacent to an activating group) is 1. The number of nitrogens with zero attached hydrogens (tertiary/aromatic N) is 2. The lowest BCUT2D eigenvalue weighted by molar-refractivity contribution is -0.384. The number of anilines is 1. The lowest BCUT2D eigenvalue weighted by Gasteiger charge is -2.23. The maximum absolute atomic E-state index is 12.2. The van der Waals surface area contributed by atoms with E-state index in [9.17, 15) is 19.7 Å². The van der Waals surface area contributed by atoms with Crippen molar-refractivity contribution in [1.82, 2.24) is 4.90 Å². The van der Waals surface area contributed by atoms with Crippen LogP contribution in [0.2, 0.25) is 0 Å². The number of benzene rings is 1. The van der Waals surface area contributed by atoms with Crippen molar-refractivity contribution in [1.29, 1.82) is 0 Å². The van der Waals surface area contributed by atoms with Crippen LogP contribution in [0.15, 0.2) is 18.2 Å². The van der Waals surface area contributed by atoms with Gasteiger partial charge >= 0.3 is 5.97 Å². The Morgan fingerprint density at radius 3 is 2.65 bits per heavy atom. The largest absolute Gasteiger partial charge is 0.495 e. The van der Waals surface area contributed by atoms with E-state index in [0.29, 0.717) is 5.75 Å². The zero-order valence-electron chi connectivity index (χ0n) is 13.1. The van der Waals surface area contributed by atoms with Gasteiger partial charge in [-0.2, -0.15) is 0 Å². The van der Waals surface area contributed by atoms with E-state index in [0.717, 1.165) is 0 Å². The molecule has 0 aliphatic heterocycles. The molecule has 0 heterocycles. The van der Waals surface area contributed by atoms with Crippen molar-refractivity contribution >= 4 is 23.3 Å². The second kappa shape index (κ2) is 8.08. The average molecular weight is 325 g/mol. The highest BCUT2D eigenvalue weighted by atomic mass is 16.6. The maximum atomic E-state index is 12.2. The summed E-state index contributed by atoms with van der Waals surface area (Å²) in [5, 5.41) is 22.0. The molecule has 1 aromatic carbocycles. The molecule has 0 aliphatic rings. The van der Waals surface area contributed by atoms with Crippen LogP contribution in [0.5, 0.6) is 5.75 Å². The molecule has 1 aromatic rings. The quantitative estimate of drug-likeness (QED) is 0.546. The Hall–Kier alpha value is -2.68. The number of ether oxygens (including phenoxy) is 1. The van der Waals surface area contributed by atoms with E-state index < -0.39 is 22.8 Å². The predicted molar refractivity (Wildman–Crippen MR) is 82.6 cm³/mol. The lowest BCUT2D eigenvalue weighted by Crippen LogP contribution is -2.40. The number of carboxylic acids is 1. The third kappa shape index (κ3) is 5.22. The second-order valence-corrected chi connectivity index (χ2v) is 4.93. The van der Waals surface area contributed by atoms with Crippen LogP contribution in [0.4, 0.5) is 11.4 Å². The Bertz CT molecular complexity index is 604. The first-order valence-electron chi connectivity index (χ1n) is 6.81. The molecule has 9 nitrogen and oxygen atoms in total. The van der Waals surface area contributed by atoms with Crippen molar-refractivity contribution in [3.63, 3.8) is 0 Å². The number of nitro groups is 1. The van der Waals surface area contributed by atoms with Crippen molar-refractivity contribution in [2.45, 2.75) is 19.4 Å². The van der Waals surface area contributed by atoms with Crippen molar-refractivity contribution in [2.75, 3.05) is 26.0 Å². The molecule has 0 radical (unpaired) electrons. The fourth-order valence-corrected chi connectivity index (χ4v) is 1.81. The molecule has 9 heteroatoms. The van der Waals surface area contributed by atoms with Gasteiger partial charge < -0.3 is 15.2 Å². The van der Waals surface area contributed by atoms with Crippen LogP contribution in [-0.2, 0) is 9.59 Å². The fraction of sp³-hybridized carbons (Fsp3) is 0.429. The Morgan fingerprint density at radius 1 is 1.48 bits per heavy atom. The summed E-state index contributed by atoms with van der Waals surface area (Å²) in [6.07, 6.45) is -0.0890. The van der Waals surface area contributed by atoms with Crippen LogP contribution < -0.4 is 10.1 Å². The molecule has 23 heavy (non-hydrogen) atoms. The molecule has 2 N–H and O–H groups in total. The van der Waals surface area contributed by atoms with Crippen LogP contribution in [0.1, 0.15) is 13.3 Å². The van der Waals surface area contributed by atoms with Crippen molar-refractivity contribution in [3.8, 4) is 5.75 Å². The van der Waals surface area contributed by atoms with Gasteiger partial charge in [0.1, 0.15) is 5.75 Å². The van der Waals surface area contributed by atoms with Crippen LogP contribution in [-0.4, -0.2) is 53.6 Å². The molecule has 0 fully saturated rings. The van der Waals surface area contributed by atoms with Crippen molar-refractivity contribution < 1.29 is 24.4 Å². The van der Waals surface area contributed by atoms with E-state index in [1.807, 2.05) is 0 Å². The number of aliphatic carboxylic acids is 1. The number of non-ortho nitro benzene ring substituents is 1. The first-order valence-corrected chi connectivity index (χ1v) is 6.81. The zero-order chi connectivity index (χ0) is 17.6. The van der Waals surface area contributed by atoms with Gasteiger partial charge in [-0.3, -0.25) is 24.6 Å². The Kier molecular flexibility index (Phi) is 6.46. The molecule has 1 unspecified atom stereocenters. The minimum atomic E-state index is -0.954. The van der Waals surface area contributed by atoms with E-state index in [-0.39, 0.29) is 24.3 Å². The highest BCUT2D eigenvalue weighted by Gasteiger charge is 2.21. The molecule has 0 saturated carbocycles. The van der Waals surface area contributed by atoms with Crippen LogP contribution in [0.25, 0.3) is 0 Å². The van der Waals surface area contributed by atoms with E-state index >= 15 is 0 Å². The van der Waals surface area contributed by atoms with Gasteiger partial charge in [-0.25, -0.2) is 0 Å². The van der Waals surface area contributed by atoms with Gasteiger partial charge in [0.15, 0.2) is 0 Å². The summed E-state index contributed by atoms with van der Waals surface area (Å²) < 4.78 is 5.07. The number of carboxylic acid groups (broad SMARTS) is 1. The Labute approximate surface area is 133 Å². The number of hydrogen-bond donors (Lipinski definition) is 2. The summed E-state index contributed by atoms with van der Waals surface area (Å²) in [5.41, 5.74) is 0.0122. The number of rotatable bonds is 8. The highest BCUT2D eigenvalue weighted by Crippen LogP contribution is 2.29. The van der Waals surface area contributed by atoms with E-state index in [1.54, 1.807) is 18.9 Å². The number of methoxy groups -OCH3 is 1. The minimum absolute atomic E-state index is 0.0890. The summed E-state index contributed by atoms with van der Waals surface area (Å²) in [6.45, 7) is 1.82. The third-order valence-electron chi connectivity index (χ3n) is 3.37. The van der Waals surface area contributed by atoms with Gasteiger partial charge in [0.05, 0.1) is 30.2 Å². The fourth-order valence-electron chi connectivity index (χ4n) is 1.81. The van der Waals surface area contributed by atoms with Crippen molar-refractivity contribution in [2.24, 2.45) is 0 Å². The molecule has 1 amide bonds. The van der Waals surface area contributed by atoms with Crippen LogP contribution in [0, 0.1) is 10.1 Å². The predicted octanol–water partition coefficient (Wildman–Crippen LogP) is 1.34.